The number of esters is 1. The lowest BCUT2D eigenvalue weighted by Gasteiger charge is -2.35. The molecule has 2 rings (SSSR count). The van der Waals surface area contributed by atoms with Crippen molar-refractivity contribution in [2.45, 2.75) is 39.8 Å². The second kappa shape index (κ2) is 8.51. The average molecular weight is 396 g/mol. The first kappa shape index (κ1) is 20.2. The molecule has 0 spiro atoms. The zero-order valence-electron chi connectivity index (χ0n) is 15.2. The van der Waals surface area contributed by atoms with Gasteiger partial charge in [-0.3, -0.25) is 0 Å². The summed E-state index contributed by atoms with van der Waals surface area (Å²) >= 11 is 7.29. The van der Waals surface area contributed by atoms with Crippen LogP contribution in [0.1, 0.15) is 43.2 Å². The van der Waals surface area contributed by atoms with E-state index >= 15 is 0 Å². The normalized spacial score (nSPS) is 11.1. The van der Waals surface area contributed by atoms with Gasteiger partial charge in [-0.15, -0.1) is 11.3 Å². The molecule has 1 aromatic carbocycles. The first-order chi connectivity index (χ1) is 12.2. The van der Waals surface area contributed by atoms with Gasteiger partial charge in [-0.25, -0.2) is 14.6 Å². The van der Waals surface area contributed by atoms with E-state index in [4.69, 9.17) is 16.3 Å². The van der Waals surface area contributed by atoms with Gasteiger partial charge in [0.15, 0.2) is 5.69 Å². The lowest BCUT2D eigenvalue weighted by atomic mass is 10.1. The summed E-state index contributed by atoms with van der Waals surface area (Å²) in [5, 5.41) is 5.69. The van der Waals surface area contributed by atoms with Crippen LogP contribution >= 0.6 is 22.9 Å². The van der Waals surface area contributed by atoms with E-state index in [-0.39, 0.29) is 18.3 Å². The predicted molar refractivity (Wildman–Crippen MR) is 104 cm³/mol. The van der Waals surface area contributed by atoms with Crippen molar-refractivity contribution in [2.24, 2.45) is 0 Å². The molecule has 0 atom stereocenters. The van der Waals surface area contributed by atoms with E-state index in [0.29, 0.717) is 22.3 Å². The Bertz CT molecular complexity index is 786. The second-order valence-corrected chi connectivity index (χ2v) is 7.92. The number of urea groups is 1. The maximum atomic E-state index is 12.8. The van der Waals surface area contributed by atoms with Crippen LogP contribution < -0.4 is 5.32 Å². The van der Waals surface area contributed by atoms with Crippen molar-refractivity contribution >= 4 is 40.6 Å². The fourth-order valence-corrected chi connectivity index (χ4v) is 3.13. The third-order valence-corrected chi connectivity index (χ3v) is 4.53. The number of nitrogens with zero attached hydrogens (tertiary/aromatic N) is 2. The molecule has 1 aromatic heterocycles. The number of hydrogen-bond acceptors (Lipinski definition) is 5. The highest BCUT2D eigenvalue weighted by Gasteiger charge is 2.28. The number of carbonyl (C=O) groups is 2. The molecule has 0 aliphatic heterocycles. The Kier molecular flexibility index (Phi) is 6.61. The number of amides is 2. The van der Waals surface area contributed by atoms with Crippen LogP contribution in [0.2, 0.25) is 5.02 Å². The Morgan fingerprint density at radius 1 is 1.35 bits per heavy atom. The fraction of sp³-hybridized carbons (Fsp3) is 0.389. The van der Waals surface area contributed by atoms with Crippen molar-refractivity contribution in [2.75, 3.05) is 11.9 Å². The molecule has 1 N–H and O–H groups in total. The quantitative estimate of drug-likeness (QED) is 0.737. The van der Waals surface area contributed by atoms with Gasteiger partial charge in [0.1, 0.15) is 5.01 Å². The van der Waals surface area contributed by atoms with E-state index in [2.05, 4.69) is 10.3 Å². The minimum absolute atomic E-state index is 0.260. The van der Waals surface area contributed by atoms with E-state index in [1.165, 1.54) is 11.3 Å². The minimum atomic E-state index is -0.458. The van der Waals surface area contributed by atoms with Crippen LogP contribution in [0.25, 0.3) is 0 Å². The SMILES string of the molecule is CCOC(=O)c1csc(CN(C(=O)Nc2cccc(Cl)c2)C(C)(C)C)n1. The number of benzene rings is 1. The molecule has 0 saturated carbocycles. The lowest BCUT2D eigenvalue weighted by molar-refractivity contribution is 0.0520. The number of anilines is 1. The van der Waals surface area contributed by atoms with Crippen LogP contribution in [0.4, 0.5) is 10.5 Å². The molecular formula is C18H22ClN3O3S. The molecular weight excluding hydrogens is 374 g/mol. The Hall–Kier alpha value is -2.12. The molecule has 2 amide bonds. The average Bonchev–Trinajstić information content (AvgIpc) is 3.00. The van der Waals surface area contributed by atoms with E-state index in [0.717, 1.165) is 0 Å². The first-order valence-corrected chi connectivity index (χ1v) is 9.42. The topological polar surface area (TPSA) is 71.5 Å². The summed E-state index contributed by atoms with van der Waals surface area (Å²) < 4.78 is 4.95. The van der Waals surface area contributed by atoms with Gasteiger partial charge in [0.25, 0.3) is 0 Å². The molecule has 0 bridgehead atoms. The van der Waals surface area contributed by atoms with Crippen LogP contribution in [-0.4, -0.2) is 34.0 Å². The zero-order valence-corrected chi connectivity index (χ0v) is 16.8. The number of carbonyl (C=O) groups excluding carboxylic acids is 2. The van der Waals surface area contributed by atoms with Crippen molar-refractivity contribution in [3.8, 4) is 0 Å². The maximum absolute atomic E-state index is 12.8. The fourth-order valence-electron chi connectivity index (χ4n) is 2.19. The van der Waals surface area contributed by atoms with Crippen LogP contribution in [0.3, 0.4) is 0 Å². The molecule has 0 aliphatic carbocycles. The molecule has 2 aromatic rings. The molecule has 1 heterocycles. The molecule has 0 fully saturated rings. The third-order valence-electron chi connectivity index (χ3n) is 3.46. The van der Waals surface area contributed by atoms with Gasteiger partial charge >= 0.3 is 12.0 Å². The summed E-state index contributed by atoms with van der Waals surface area (Å²) in [6.07, 6.45) is 0. The summed E-state index contributed by atoms with van der Waals surface area (Å²) in [5.41, 5.74) is 0.428. The Labute approximate surface area is 162 Å². The lowest BCUT2D eigenvalue weighted by Crippen LogP contribution is -2.47. The monoisotopic (exact) mass is 395 g/mol. The highest BCUT2D eigenvalue weighted by Crippen LogP contribution is 2.22. The van der Waals surface area contributed by atoms with Gasteiger partial charge in [0.2, 0.25) is 0 Å². The summed E-state index contributed by atoms with van der Waals surface area (Å²) in [7, 11) is 0. The number of thiazole rings is 1. The summed E-state index contributed by atoms with van der Waals surface area (Å²) in [4.78, 5) is 30.5. The van der Waals surface area contributed by atoms with Gasteiger partial charge < -0.3 is 15.0 Å². The number of rotatable bonds is 5. The first-order valence-electron chi connectivity index (χ1n) is 8.16. The van der Waals surface area contributed by atoms with E-state index in [1.54, 1.807) is 41.5 Å². The number of ether oxygens (including phenoxy) is 1. The number of nitrogens with one attached hydrogen (secondary N) is 1. The summed E-state index contributed by atoms with van der Waals surface area (Å²) in [5.74, 6) is -0.458. The highest BCUT2D eigenvalue weighted by molar-refractivity contribution is 7.09. The van der Waals surface area contributed by atoms with E-state index < -0.39 is 11.5 Å². The smallest absolute Gasteiger partial charge is 0.357 e. The van der Waals surface area contributed by atoms with Gasteiger partial charge in [0.05, 0.1) is 13.2 Å². The zero-order chi connectivity index (χ0) is 19.3. The van der Waals surface area contributed by atoms with Crippen molar-refractivity contribution in [1.82, 2.24) is 9.88 Å². The van der Waals surface area contributed by atoms with Gasteiger partial charge in [-0.1, -0.05) is 17.7 Å². The Morgan fingerprint density at radius 2 is 2.08 bits per heavy atom. The van der Waals surface area contributed by atoms with Crippen molar-refractivity contribution in [3.63, 3.8) is 0 Å². The number of aromatic nitrogens is 1. The standard InChI is InChI=1S/C18H22ClN3O3S/c1-5-25-16(23)14-11-26-15(21-14)10-22(18(2,3)4)17(24)20-13-8-6-7-12(19)9-13/h6-9,11H,5,10H2,1-4H3,(H,20,24). The van der Waals surface area contributed by atoms with Gasteiger partial charge in [0, 0.05) is 21.6 Å². The molecule has 140 valence electrons. The number of halogens is 1. The second-order valence-electron chi connectivity index (χ2n) is 6.54. The Morgan fingerprint density at radius 3 is 2.69 bits per heavy atom. The molecule has 8 heteroatoms. The molecule has 0 radical (unpaired) electrons. The molecule has 0 saturated heterocycles. The van der Waals surface area contributed by atoms with Crippen LogP contribution in [-0.2, 0) is 11.3 Å². The van der Waals surface area contributed by atoms with Gasteiger partial charge in [-0.2, -0.15) is 0 Å². The predicted octanol–water partition coefficient (Wildman–Crippen LogP) is 4.81. The maximum Gasteiger partial charge on any atom is 0.357 e. The third kappa shape index (κ3) is 5.44. The van der Waals surface area contributed by atoms with Crippen LogP contribution in [0.5, 0.6) is 0 Å². The summed E-state index contributed by atoms with van der Waals surface area (Å²) in [6, 6.07) is 6.69. The minimum Gasteiger partial charge on any atom is -0.461 e. The highest BCUT2D eigenvalue weighted by atomic mass is 35.5. The van der Waals surface area contributed by atoms with E-state index in [9.17, 15) is 9.59 Å². The Balaban J connectivity index is 2.15. The largest absolute Gasteiger partial charge is 0.461 e. The molecule has 6 nitrogen and oxygen atoms in total. The molecule has 0 aliphatic rings. The van der Waals surface area contributed by atoms with Crippen molar-refractivity contribution < 1.29 is 14.3 Å². The number of hydrogen-bond donors (Lipinski definition) is 1. The van der Waals surface area contributed by atoms with Crippen LogP contribution in [0.15, 0.2) is 29.6 Å². The van der Waals surface area contributed by atoms with E-state index in [1.807, 2.05) is 20.8 Å². The van der Waals surface area contributed by atoms with Crippen molar-refractivity contribution in [3.05, 3.63) is 45.4 Å². The van der Waals surface area contributed by atoms with Crippen LogP contribution in [0, 0.1) is 0 Å². The summed E-state index contributed by atoms with van der Waals surface area (Å²) in [6.45, 7) is 8.12. The van der Waals surface area contributed by atoms with Crippen molar-refractivity contribution in [1.29, 1.82) is 0 Å². The van der Waals surface area contributed by atoms with Gasteiger partial charge in [-0.05, 0) is 45.9 Å². The molecule has 26 heavy (non-hydrogen) atoms. The molecule has 0 unspecified atom stereocenters.